The molecule has 0 spiro atoms. The van der Waals surface area contributed by atoms with E-state index in [1.54, 1.807) is 13.0 Å². The second-order valence-electron chi connectivity index (χ2n) is 3.15. The van der Waals surface area contributed by atoms with E-state index in [1.807, 2.05) is 13.0 Å². The molecule has 0 bridgehead atoms. The van der Waals surface area contributed by atoms with E-state index in [1.165, 1.54) is 11.3 Å². The van der Waals surface area contributed by atoms with Gasteiger partial charge in [-0.2, -0.15) is 0 Å². The zero-order valence-corrected chi connectivity index (χ0v) is 11.0. The van der Waals surface area contributed by atoms with Crippen molar-refractivity contribution in [3.05, 3.63) is 17.0 Å². The van der Waals surface area contributed by atoms with E-state index in [2.05, 4.69) is 16.6 Å². The van der Waals surface area contributed by atoms with Crippen molar-refractivity contribution in [2.24, 2.45) is 0 Å². The molecule has 0 aliphatic rings. The van der Waals surface area contributed by atoms with Gasteiger partial charge in [-0.25, -0.2) is 13.1 Å². The molecule has 5 heteroatoms. The van der Waals surface area contributed by atoms with E-state index in [9.17, 15) is 8.42 Å². The standard InChI is InChI=1S/C11H15NO2S2/c1-3-5-6-9-12-16(13,14)11-8-7-10(4-2)15-11/h7-8,12H,4,6,9H2,1-2H3. The summed E-state index contributed by atoms with van der Waals surface area (Å²) in [5.41, 5.74) is 0. The molecule has 0 aliphatic carbocycles. The van der Waals surface area contributed by atoms with Crippen molar-refractivity contribution in [2.45, 2.75) is 30.9 Å². The van der Waals surface area contributed by atoms with E-state index in [0.717, 1.165) is 11.3 Å². The zero-order chi connectivity index (χ0) is 12.0. The SMILES string of the molecule is CC#CCCNS(=O)(=O)c1ccc(CC)s1. The molecule has 0 aromatic carbocycles. The largest absolute Gasteiger partial charge is 0.250 e. The van der Waals surface area contributed by atoms with Crippen molar-refractivity contribution in [3.8, 4) is 11.8 Å². The van der Waals surface area contributed by atoms with Crippen molar-refractivity contribution in [2.75, 3.05) is 6.54 Å². The van der Waals surface area contributed by atoms with Crippen LogP contribution in [0.5, 0.6) is 0 Å². The van der Waals surface area contributed by atoms with Crippen LogP contribution in [0.25, 0.3) is 0 Å². The Morgan fingerprint density at radius 1 is 1.44 bits per heavy atom. The molecule has 88 valence electrons. The first-order valence-electron chi connectivity index (χ1n) is 5.08. The van der Waals surface area contributed by atoms with Crippen LogP contribution in [0.15, 0.2) is 16.3 Å². The summed E-state index contributed by atoms with van der Waals surface area (Å²) < 4.78 is 26.5. The molecule has 0 amide bonds. The minimum absolute atomic E-state index is 0.364. The quantitative estimate of drug-likeness (QED) is 0.648. The first-order chi connectivity index (χ1) is 7.60. The molecule has 1 rings (SSSR count). The summed E-state index contributed by atoms with van der Waals surface area (Å²) in [7, 11) is -3.33. The molecule has 0 saturated carbocycles. The van der Waals surface area contributed by atoms with Gasteiger partial charge < -0.3 is 0 Å². The topological polar surface area (TPSA) is 46.2 Å². The number of sulfonamides is 1. The Kier molecular flexibility index (Phi) is 5.00. The lowest BCUT2D eigenvalue weighted by atomic mass is 10.4. The maximum atomic E-state index is 11.8. The van der Waals surface area contributed by atoms with Gasteiger partial charge in [-0.1, -0.05) is 6.92 Å². The summed E-state index contributed by atoms with van der Waals surface area (Å²) in [4.78, 5) is 1.08. The zero-order valence-electron chi connectivity index (χ0n) is 9.41. The van der Waals surface area contributed by atoms with Crippen molar-refractivity contribution >= 4 is 21.4 Å². The van der Waals surface area contributed by atoms with Gasteiger partial charge in [-0.15, -0.1) is 23.2 Å². The van der Waals surface area contributed by atoms with Crippen molar-refractivity contribution in [3.63, 3.8) is 0 Å². The smallest absolute Gasteiger partial charge is 0.209 e. The molecule has 0 unspecified atom stereocenters. The molecule has 0 fully saturated rings. The maximum absolute atomic E-state index is 11.8. The summed E-state index contributed by atoms with van der Waals surface area (Å²) in [6.07, 6.45) is 1.41. The molecule has 0 radical (unpaired) electrons. The minimum Gasteiger partial charge on any atom is -0.209 e. The molecule has 0 aliphatic heterocycles. The van der Waals surface area contributed by atoms with Crippen LogP contribution >= 0.6 is 11.3 Å². The van der Waals surface area contributed by atoms with Crippen LogP contribution in [-0.2, 0) is 16.4 Å². The number of thiophene rings is 1. The van der Waals surface area contributed by atoms with E-state index in [0.29, 0.717) is 17.2 Å². The Morgan fingerprint density at radius 3 is 2.75 bits per heavy atom. The monoisotopic (exact) mass is 257 g/mol. The first-order valence-corrected chi connectivity index (χ1v) is 7.38. The number of hydrogen-bond acceptors (Lipinski definition) is 3. The summed E-state index contributed by atoms with van der Waals surface area (Å²) in [6.45, 7) is 4.11. The van der Waals surface area contributed by atoms with Crippen LogP contribution in [-0.4, -0.2) is 15.0 Å². The molecule has 16 heavy (non-hydrogen) atoms. The highest BCUT2D eigenvalue weighted by Gasteiger charge is 2.15. The van der Waals surface area contributed by atoms with Gasteiger partial charge in [-0.05, 0) is 25.5 Å². The Labute approximate surface area is 101 Å². The number of nitrogens with one attached hydrogen (secondary N) is 1. The molecule has 3 nitrogen and oxygen atoms in total. The van der Waals surface area contributed by atoms with Gasteiger partial charge in [0.25, 0.3) is 0 Å². The van der Waals surface area contributed by atoms with Crippen LogP contribution in [0.1, 0.15) is 25.1 Å². The van der Waals surface area contributed by atoms with Gasteiger partial charge in [-0.3, -0.25) is 0 Å². The van der Waals surface area contributed by atoms with Gasteiger partial charge in [0.2, 0.25) is 10.0 Å². The lowest BCUT2D eigenvalue weighted by Gasteiger charge is -2.01. The minimum atomic E-state index is -3.33. The molecular weight excluding hydrogens is 242 g/mol. The average Bonchev–Trinajstić information content (AvgIpc) is 2.73. The molecular formula is C11H15NO2S2. The summed E-state index contributed by atoms with van der Waals surface area (Å²) in [6, 6.07) is 3.50. The second-order valence-corrected chi connectivity index (χ2v) is 6.31. The van der Waals surface area contributed by atoms with Gasteiger partial charge in [0.05, 0.1) is 0 Å². The van der Waals surface area contributed by atoms with Crippen LogP contribution < -0.4 is 4.72 Å². The van der Waals surface area contributed by atoms with E-state index in [4.69, 9.17) is 0 Å². The van der Waals surface area contributed by atoms with Gasteiger partial charge in [0, 0.05) is 17.8 Å². The third kappa shape index (κ3) is 3.63. The van der Waals surface area contributed by atoms with Crippen LogP contribution in [0.3, 0.4) is 0 Å². The van der Waals surface area contributed by atoms with Crippen LogP contribution in [0.2, 0.25) is 0 Å². The highest BCUT2D eigenvalue weighted by molar-refractivity contribution is 7.91. The highest BCUT2D eigenvalue weighted by Crippen LogP contribution is 2.21. The molecule has 0 atom stereocenters. The van der Waals surface area contributed by atoms with E-state index >= 15 is 0 Å². The third-order valence-electron chi connectivity index (χ3n) is 1.97. The van der Waals surface area contributed by atoms with E-state index < -0.39 is 10.0 Å². The molecule has 0 saturated heterocycles. The summed E-state index contributed by atoms with van der Waals surface area (Å²) in [5.74, 6) is 5.54. The fourth-order valence-corrected chi connectivity index (χ4v) is 3.51. The van der Waals surface area contributed by atoms with Gasteiger partial charge in [0.1, 0.15) is 4.21 Å². The normalized spacial score (nSPS) is 10.9. The van der Waals surface area contributed by atoms with Crippen molar-refractivity contribution < 1.29 is 8.42 Å². The second kappa shape index (κ2) is 6.04. The number of hydrogen-bond donors (Lipinski definition) is 1. The number of rotatable bonds is 5. The summed E-state index contributed by atoms with van der Waals surface area (Å²) in [5, 5.41) is 0. The van der Waals surface area contributed by atoms with Gasteiger partial charge >= 0.3 is 0 Å². The maximum Gasteiger partial charge on any atom is 0.250 e. The van der Waals surface area contributed by atoms with Crippen LogP contribution in [0.4, 0.5) is 0 Å². The van der Waals surface area contributed by atoms with Crippen molar-refractivity contribution in [1.29, 1.82) is 0 Å². The number of aryl methyl sites for hydroxylation is 1. The fraction of sp³-hybridized carbons (Fsp3) is 0.455. The molecule has 1 aromatic heterocycles. The lowest BCUT2D eigenvalue weighted by Crippen LogP contribution is -2.23. The van der Waals surface area contributed by atoms with Crippen LogP contribution in [0, 0.1) is 11.8 Å². The Hall–Kier alpha value is -0.830. The Morgan fingerprint density at radius 2 is 2.19 bits per heavy atom. The molecule has 1 heterocycles. The predicted octanol–water partition coefficient (Wildman–Crippen LogP) is 2.00. The van der Waals surface area contributed by atoms with Gasteiger partial charge in [0.15, 0.2) is 0 Å². The predicted molar refractivity (Wildman–Crippen MR) is 67.0 cm³/mol. The van der Waals surface area contributed by atoms with E-state index in [-0.39, 0.29) is 0 Å². The third-order valence-corrected chi connectivity index (χ3v) is 5.15. The lowest BCUT2D eigenvalue weighted by molar-refractivity contribution is 0.584. The molecule has 1 aromatic rings. The van der Waals surface area contributed by atoms with Crippen molar-refractivity contribution in [1.82, 2.24) is 4.72 Å². The fourth-order valence-electron chi connectivity index (χ4n) is 1.14. The first kappa shape index (κ1) is 13.2. The molecule has 1 N–H and O–H groups in total. The Bertz CT molecular complexity index is 492. The highest BCUT2D eigenvalue weighted by atomic mass is 32.2. The summed E-state index contributed by atoms with van der Waals surface area (Å²) >= 11 is 1.32. The Balaban J connectivity index is 2.65. The average molecular weight is 257 g/mol.